The second kappa shape index (κ2) is 19.1. The van der Waals surface area contributed by atoms with Crippen molar-refractivity contribution in [2.24, 2.45) is 4.99 Å². The van der Waals surface area contributed by atoms with Gasteiger partial charge in [0.2, 0.25) is 5.91 Å². The van der Waals surface area contributed by atoms with Crippen molar-refractivity contribution in [3.63, 3.8) is 0 Å². The normalized spacial score (nSPS) is 12.3. The summed E-state index contributed by atoms with van der Waals surface area (Å²) in [6.45, 7) is 4.91. The summed E-state index contributed by atoms with van der Waals surface area (Å²) in [5.41, 5.74) is 0.221. The maximum Gasteiger partial charge on any atom is 0.305 e. The minimum Gasteiger partial charge on any atom is -0.481 e. The zero-order valence-electron chi connectivity index (χ0n) is 30.5. The molecule has 0 atom stereocenters. The fourth-order valence-electron chi connectivity index (χ4n) is 5.88. The first-order valence-corrected chi connectivity index (χ1v) is 20.2. The van der Waals surface area contributed by atoms with Gasteiger partial charge in [-0.2, -0.15) is 16.8 Å². The quantitative estimate of drug-likeness (QED) is 0.0487. The number of nitrogens with one attached hydrogen (secondary N) is 2. The predicted molar refractivity (Wildman–Crippen MR) is 201 cm³/mol. The van der Waals surface area contributed by atoms with Crippen LogP contribution in [-0.2, 0) is 39.3 Å². The molecule has 19 heteroatoms. The molecule has 0 bridgehead atoms. The van der Waals surface area contributed by atoms with Gasteiger partial charge in [0.15, 0.2) is 21.1 Å². The van der Waals surface area contributed by atoms with Gasteiger partial charge in [-0.15, -0.1) is 0 Å². The van der Waals surface area contributed by atoms with E-state index in [4.69, 9.17) is 19.0 Å². The molecule has 2 amide bonds. The third-order valence-corrected chi connectivity index (χ3v) is 10.1. The summed E-state index contributed by atoms with van der Waals surface area (Å²) >= 11 is 0. The number of amides is 2. The Labute approximate surface area is 318 Å². The number of carboxylic acid groups (broad SMARTS) is 1. The van der Waals surface area contributed by atoms with Crippen LogP contribution in [0.3, 0.4) is 0 Å². The van der Waals surface area contributed by atoms with Crippen LogP contribution < -0.4 is 16.0 Å². The monoisotopic (exact) mass is 804 g/mol. The maximum absolute atomic E-state index is 14.0. The van der Waals surface area contributed by atoms with Crippen LogP contribution in [0.2, 0.25) is 0 Å². The number of anilines is 1. The van der Waals surface area contributed by atoms with Crippen LogP contribution in [0.4, 0.5) is 5.69 Å². The fourth-order valence-corrected chi connectivity index (χ4v) is 7.47. The standard InChI is InChI=1S/C36H44N4O13S2/c1-4-37-27-14-12-25-31(26-13-15-28(38-5-2)35(55(48,49)50)33(26)53-32(25)34(27)54(45,46)47)23-9-6-7-10-24(23)36(44)40(3)18-8-11-29(41)39-17-20-52-22-21-51-19-16-30(42)43/h6-7,9-10,12-15,37H,4-5,8,11,16-22H2,1-3H3,(H,39,41)(H,42,43)(H,45,46,47)(H,48,49,50)/b38-28+. The third kappa shape index (κ3) is 10.9. The minimum atomic E-state index is -5.04. The molecule has 0 aromatic heterocycles. The van der Waals surface area contributed by atoms with E-state index in [0.29, 0.717) is 6.42 Å². The van der Waals surface area contributed by atoms with Gasteiger partial charge >= 0.3 is 5.97 Å². The minimum absolute atomic E-state index is 0.0328. The molecule has 0 saturated carbocycles. The highest BCUT2D eigenvalue weighted by Crippen LogP contribution is 2.46. The van der Waals surface area contributed by atoms with Crippen LogP contribution >= 0.6 is 0 Å². The Morgan fingerprint density at radius 2 is 1.55 bits per heavy atom. The number of carbonyl (C=O) groups is 3. The Morgan fingerprint density at radius 3 is 2.20 bits per heavy atom. The molecule has 4 rings (SSSR count). The van der Waals surface area contributed by atoms with E-state index in [1.54, 1.807) is 45.2 Å². The largest absolute Gasteiger partial charge is 0.481 e. The van der Waals surface area contributed by atoms with Crippen LogP contribution in [0.5, 0.6) is 0 Å². The molecule has 1 aliphatic carbocycles. The Kier molecular flexibility index (Phi) is 14.9. The smallest absolute Gasteiger partial charge is 0.305 e. The number of hydrogen-bond acceptors (Lipinski definition) is 12. The molecule has 1 heterocycles. The van der Waals surface area contributed by atoms with Crippen LogP contribution in [0.25, 0.3) is 33.4 Å². The first-order valence-electron chi connectivity index (χ1n) is 17.3. The van der Waals surface area contributed by atoms with Gasteiger partial charge in [-0.3, -0.25) is 28.5 Å². The third-order valence-electron chi connectivity index (χ3n) is 8.23. The number of fused-ring (bicyclic) bond motifs is 2. The van der Waals surface area contributed by atoms with Gasteiger partial charge in [0.05, 0.1) is 43.9 Å². The van der Waals surface area contributed by atoms with Crippen molar-refractivity contribution in [2.45, 2.75) is 42.9 Å². The van der Waals surface area contributed by atoms with Gasteiger partial charge < -0.3 is 34.5 Å². The Bertz CT molecular complexity index is 2290. The Morgan fingerprint density at radius 1 is 0.855 bits per heavy atom. The van der Waals surface area contributed by atoms with Gasteiger partial charge in [0, 0.05) is 61.7 Å². The van der Waals surface area contributed by atoms with Gasteiger partial charge in [0.25, 0.3) is 26.1 Å². The van der Waals surface area contributed by atoms with E-state index in [9.17, 15) is 40.3 Å². The molecule has 1 aliphatic heterocycles. The number of carboxylic acids is 1. The summed E-state index contributed by atoms with van der Waals surface area (Å²) in [6, 6.07) is 12.2. The molecule has 0 saturated heterocycles. The number of benzene rings is 3. The highest BCUT2D eigenvalue weighted by molar-refractivity contribution is 7.86. The summed E-state index contributed by atoms with van der Waals surface area (Å²) in [7, 11) is -8.51. The van der Waals surface area contributed by atoms with E-state index < -0.39 is 53.2 Å². The predicted octanol–water partition coefficient (Wildman–Crippen LogP) is 3.53. The van der Waals surface area contributed by atoms with E-state index in [2.05, 4.69) is 15.6 Å². The van der Waals surface area contributed by atoms with Crippen molar-refractivity contribution >= 4 is 54.7 Å². The SMILES string of the molecule is CC/N=c1\ccc2c(-c3ccccc3C(=O)N(C)CCCC(=O)NCCOCCOCCC(=O)O)c3ccc(NCC)c(S(=O)(=O)O)c3oc-2c1S(=O)(=O)O. The lowest BCUT2D eigenvalue weighted by Crippen LogP contribution is -2.31. The summed E-state index contributed by atoms with van der Waals surface area (Å²) in [6.07, 6.45) is 0.303. The lowest BCUT2D eigenvalue weighted by atomic mass is 9.90. The summed E-state index contributed by atoms with van der Waals surface area (Å²) < 4.78 is 88.9. The molecule has 2 aromatic rings. The number of rotatable bonds is 20. The van der Waals surface area contributed by atoms with Crippen molar-refractivity contribution in [3.8, 4) is 22.5 Å². The van der Waals surface area contributed by atoms with E-state index in [-0.39, 0.29) is 110 Å². The second-order valence-electron chi connectivity index (χ2n) is 12.1. The molecule has 0 spiro atoms. The first-order chi connectivity index (χ1) is 26.1. The molecule has 0 fully saturated rings. The van der Waals surface area contributed by atoms with E-state index >= 15 is 0 Å². The molecule has 5 N–H and O–H groups in total. The number of hydrogen-bond donors (Lipinski definition) is 5. The summed E-state index contributed by atoms with van der Waals surface area (Å²) in [4.78, 5) is 41.1. The topological polar surface area (TPSA) is 251 Å². The van der Waals surface area contributed by atoms with Crippen molar-refractivity contribution in [3.05, 3.63) is 59.5 Å². The number of nitrogens with zero attached hydrogens (tertiary/aromatic N) is 2. The van der Waals surface area contributed by atoms with Crippen molar-refractivity contribution in [1.29, 1.82) is 0 Å². The molecule has 17 nitrogen and oxygen atoms in total. The van der Waals surface area contributed by atoms with E-state index in [1.165, 1.54) is 29.2 Å². The van der Waals surface area contributed by atoms with Crippen molar-refractivity contribution < 1.29 is 59.3 Å². The van der Waals surface area contributed by atoms with Gasteiger partial charge in [-0.25, -0.2) is 0 Å². The molecular weight excluding hydrogens is 761 g/mol. The molecule has 0 radical (unpaired) electrons. The highest BCUT2D eigenvalue weighted by Gasteiger charge is 2.32. The number of ether oxygens (including phenoxy) is 2. The zero-order valence-corrected chi connectivity index (χ0v) is 32.2. The van der Waals surface area contributed by atoms with Gasteiger partial charge in [-0.05, 0) is 56.2 Å². The lowest BCUT2D eigenvalue weighted by molar-refractivity contribution is -0.138. The fraction of sp³-hybridized carbons (Fsp3) is 0.389. The first kappa shape index (κ1) is 42.8. The summed E-state index contributed by atoms with van der Waals surface area (Å²) in [5.74, 6) is -2.13. The van der Waals surface area contributed by atoms with Crippen LogP contribution in [0.15, 0.2) is 67.7 Å². The second-order valence-corrected chi connectivity index (χ2v) is 14.9. The zero-order chi connectivity index (χ0) is 40.3. The average Bonchev–Trinajstić information content (AvgIpc) is 3.11. The number of aliphatic carboxylic acids is 1. The summed E-state index contributed by atoms with van der Waals surface area (Å²) in [5, 5.41) is 14.1. The maximum atomic E-state index is 14.0. The Balaban J connectivity index is 1.66. The Hall–Kier alpha value is -4.92. The van der Waals surface area contributed by atoms with Crippen molar-refractivity contribution in [1.82, 2.24) is 10.2 Å². The molecule has 0 unspecified atom stereocenters. The molecule has 2 aliphatic rings. The average molecular weight is 805 g/mol. The van der Waals surface area contributed by atoms with E-state index in [1.807, 2.05) is 0 Å². The van der Waals surface area contributed by atoms with Crippen LogP contribution in [-0.4, -0.2) is 113 Å². The molecule has 298 valence electrons. The highest BCUT2D eigenvalue weighted by atomic mass is 32.2. The molecule has 2 aromatic carbocycles. The van der Waals surface area contributed by atoms with Crippen LogP contribution in [0, 0.1) is 0 Å². The van der Waals surface area contributed by atoms with Crippen molar-refractivity contribution in [2.75, 3.05) is 65.0 Å². The molecular formula is C36H44N4O13S2. The van der Waals surface area contributed by atoms with Gasteiger partial charge in [0.1, 0.15) is 0 Å². The van der Waals surface area contributed by atoms with E-state index in [0.717, 1.165) is 0 Å². The molecule has 55 heavy (non-hydrogen) atoms. The van der Waals surface area contributed by atoms with Crippen LogP contribution in [0.1, 0.15) is 43.5 Å². The lowest BCUT2D eigenvalue weighted by Gasteiger charge is -2.23. The van der Waals surface area contributed by atoms with Gasteiger partial charge in [-0.1, -0.05) is 18.2 Å². The number of carbonyl (C=O) groups excluding carboxylic acids is 2.